The van der Waals surface area contributed by atoms with Gasteiger partial charge in [-0.3, -0.25) is 9.48 Å². The molecule has 0 atom stereocenters. The first-order valence-corrected chi connectivity index (χ1v) is 8.85. The number of hydrogen-bond donors (Lipinski definition) is 1. The highest BCUT2D eigenvalue weighted by molar-refractivity contribution is 6.01. The number of nitrogens with zero attached hydrogens (tertiary/aromatic N) is 2. The zero-order valence-corrected chi connectivity index (χ0v) is 15.4. The van der Waals surface area contributed by atoms with Crippen LogP contribution in [0.25, 0.3) is 6.08 Å². The van der Waals surface area contributed by atoms with E-state index in [-0.39, 0.29) is 11.7 Å². The number of nitrogens with one attached hydrogen (secondary N) is 1. The second-order valence-electron chi connectivity index (χ2n) is 6.70. The van der Waals surface area contributed by atoms with Crippen LogP contribution in [0.2, 0.25) is 0 Å². The van der Waals surface area contributed by atoms with Crippen molar-refractivity contribution in [3.05, 3.63) is 89.5 Å². The van der Waals surface area contributed by atoms with Gasteiger partial charge in [0, 0.05) is 12.3 Å². The Balaban J connectivity index is 1.56. The molecular weight excluding hydrogens is 341 g/mol. The highest BCUT2D eigenvalue weighted by atomic mass is 19.1. The van der Waals surface area contributed by atoms with Gasteiger partial charge in [0.2, 0.25) is 5.91 Å². The number of rotatable bonds is 6. The maximum absolute atomic E-state index is 12.9. The topological polar surface area (TPSA) is 46.9 Å². The second kappa shape index (κ2) is 8.45. The van der Waals surface area contributed by atoms with E-state index in [0.29, 0.717) is 18.2 Å². The Hall–Kier alpha value is -3.21. The van der Waals surface area contributed by atoms with Gasteiger partial charge in [0.15, 0.2) is 0 Å². The lowest BCUT2D eigenvalue weighted by Crippen LogP contribution is -2.07. The van der Waals surface area contributed by atoms with E-state index >= 15 is 0 Å². The van der Waals surface area contributed by atoms with Crippen LogP contribution in [0.15, 0.2) is 67.0 Å². The molecular formula is C22H22FN3O. The number of carbonyl (C=O) groups is 1. The van der Waals surface area contributed by atoms with E-state index < -0.39 is 0 Å². The Labute approximate surface area is 158 Å². The maximum Gasteiger partial charge on any atom is 0.248 e. The molecule has 5 heteroatoms. The molecule has 4 nitrogen and oxygen atoms in total. The van der Waals surface area contributed by atoms with Gasteiger partial charge in [-0.2, -0.15) is 5.10 Å². The number of amides is 1. The van der Waals surface area contributed by atoms with Crippen LogP contribution in [-0.4, -0.2) is 15.7 Å². The molecule has 0 aliphatic rings. The molecule has 1 N–H and O–H groups in total. The van der Waals surface area contributed by atoms with E-state index in [1.54, 1.807) is 35.3 Å². The first kappa shape index (κ1) is 18.6. The van der Waals surface area contributed by atoms with Crippen LogP contribution in [0.4, 0.5) is 10.1 Å². The Bertz CT molecular complexity index is 925. The highest BCUT2D eigenvalue weighted by Gasteiger charge is 2.03. The SMILES string of the molecule is CC(C)c1ccc(/C=C/C(=O)Nc2cnn(Cc3ccc(F)cc3)c2)cc1. The van der Waals surface area contributed by atoms with Crippen LogP contribution in [0, 0.1) is 5.82 Å². The summed E-state index contributed by atoms with van der Waals surface area (Å²) in [5.41, 5.74) is 3.79. The molecule has 0 unspecified atom stereocenters. The number of hydrogen-bond acceptors (Lipinski definition) is 2. The summed E-state index contributed by atoms with van der Waals surface area (Å²) in [4.78, 5) is 12.1. The number of aromatic nitrogens is 2. The summed E-state index contributed by atoms with van der Waals surface area (Å²) >= 11 is 0. The lowest BCUT2D eigenvalue weighted by molar-refractivity contribution is -0.111. The van der Waals surface area contributed by atoms with Gasteiger partial charge in [0.25, 0.3) is 0 Å². The van der Waals surface area contributed by atoms with Gasteiger partial charge in [0.05, 0.1) is 18.4 Å². The van der Waals surface area contributed by atoms with Gasteiger partial charge in [-0.15, -0.1) is 0 Å². The van der Waals surface area contributed by atoms with Gasteiger partial charge in [-0.1, -0.05) is 50.2 Å². The molecule has 138 valence electrons. The van der Waals surface area contributed by atoms with E-state index in [2.05, 4.69) is 36.4 Å². The van der Waals surface area contributed by atoms with E-state index in [1.807, 2.05) is 12.1 Å². The van der Waals surface area contributed by atoms with Crippen molar-refractivity contribution in [3.8, 4) is 0 Å². The molecule has 1 heterocycles. The van der Waals surface area contributed by atoms with Gasteiger partial charge < -0.3 is 5.32 Å². The minimum absolute atomic E-state index is 0.218. The summed E-state index contributed by atoms with van der Waals surface area (Å²) in [7, 11) is 0. The van der Waals surface area contributed by atoms with Crippen LogP contribution in [0.1, 0.15) is 36.5 Å². The van der Waals surface area contributed by atoms with Crippen molar-refractivity contribution in [3.63, 3.8) is 0 Å². The van der Waals surface area contributed by atoms with E-state index in [4.69, 9.17) is 0 Å². The third-order valence-electron chi connectivity index (χ3n) is 4.19. The Morgan fingerprint density at radius 1 is 1.15 bits per heavy atom. The quantitative estimate of drug-likeness (QED) is 0.637. The average Bonchev–Trinajstić information content (AvgIpc) is 3.09. The van der Waals surface area contributed by atoms with Crippen molar-refractivity contribution in [2.75, 3.05) is 5.32 Å². The van der Waals surface area contributed by atoms with Crippen LogP contribution in [-0.2, 0) is 11.3 Å². The molecule has 0 saturated heterocycles. The molecule has 3 rings (SSSR count). The Kier molecular flexibility index (Phi) is 5.81. The largest absolute Gasteiger partial charge is 0.320 e. The molecule has 0 aliphatic heterocycles. The number of carbonyl (C=O) groups excluding carboxylic acids is 1. The average molecular weight is 363 g/mol. The molecule has 3 aromatic rings. The third kappa shape index (κ3) is 5.38. The lowest BCUT2D eigenvalue weighted by Gasteiger charge is -2.04. The van der Waals surface area contributed by atoms with Gasteiger partial charge in [0.1, 0.15) is 5.82 Å². The molecule has 2 aromatic carbocycles. The van der Waals surface area contributed by atoms with E-state index in [1.165, 1.54) is 23.8 Å². The molecule has 1 amide bonds. The van der Waals surface area contributed by atoms with Crippen molar-refractivity contribution in [1.82, 2.24) is 9.78 Å². The Morgan fingerprint density at radius 3 is 2.52 bits per heavy atom. The number of anilines is 1. The zero-order valence-electron chi connectivity index (χ0n) is 15.4. The zero-order chi connectivity index (χ0) is 19.2. The highest BCUT2D eigenvalue weighted by Crippen LogP contribution is 2.15. The van der Waals surface area contributed by atoms with Crippen molar-refractivity contribution in [2.45, 2.75) is 26.3 Å². The summed E-state index contributed by atoms with van der Waals surface area (Å²) in [6.45, 7) is 4.80. The van der Waals surface area contributed by atoms with Gasteiger partial charge in [-0.05, 0) is 40.8 Å². The lowest BCUT2D eigenvalue weighted by atomic mass is 10.0. The summed E-state index contributed by atoms with van der Waals surface area (Å²) in [6.07, 6.45) is 6.61. The van der Waals surface area contributed by atoms with Crippen LogP contribution < -0.4 is 5.32 Å². The molecule has 1 aromatic heterocycles. The van der Waals surface area contributed by atoms with Crippen molar-refractivity contribution < 1.29 is 9.18 Å². The summed E-state index contributed by atoms with van der Waals surface area (Å²) < 4.78 is 14.6. The summed E-state index contributed by atoms with van der Waals surface area (Å²) in [5, 5.41) is 7.00. The van der Waals surface area contributed by atoms with Gasteiger partial charge in [-0.25, -0.2) is 4.39 Å². The minimum Gasteiger partial charge on any atom is -0.320 e. The number of benzene rings is 2. The predicted octanol–water partition coefficient (Wildman–Crippen LogP) is 4.85. The van der Waals surface area contributed by atoms with Crippen LogP contribution in [0.3, 0.4) is 0 Å². The third-order valence-corrected chi connectivity index (χ3v) is 4.19. The second-order valence-corrected chi connectivity index (χ2v) is 6.70. The fourth-order valence-electron chi connectivity index (χ4n) is 2.64. The van der Waals surface area contributed by atoms with E-state index in [0.717, 1.165) is 11.1 Å². The molecule has 0 saturated carbocycles. The molecule has 0 radical (unpaired) electrons. The van der Waals surface area contributed by atoms with Crippen LogP contribution >= 0.6 is 0 Å². The first-order chi connectivity index (χ1) is 13.0. The van der Waals surface area contributed by atoms with Crippen LogP contribution in [0.5, 0.6) is 0 Å². The van der Waals surface area contributed by atoms with Gasteiger partial charge >= 0.3 is 0 Å². The molecule has 0 spiro atoms. The van der Waals surface area contributed by atoms with Crippen molar-refractivity contribution in [2.24, 2.45) is 0 Å². The monoisotopic (exact) mass is 363 g/mol. The summed E-state index contributed by atoms with van der Waals surface area (Å²) in [5.74, 6) is -0.000145. The smallest absolute Gasteiger partial charge is 0.248 e. The fraction of sp³-hybridized carbons (Fsp3) is 0.182. The molecule has 0 aliphatic carbocycles. The first-order valence-electron chi connectivity index (χ1n) is 8.85. The minimum atomic E-state index is -0.266. The number of halogens is 1. The van der Waals surface area contributed by atoms with Crippen molar-refractivity contribution >= 4 is 17.7 Å². The maximum atomic E-state index is 12.9. The Morgan fingerprint density at radius 2 is 1.85 bits per heavy atom. The van der Waals surface area contributed by atoms with Crippen molar-refractivity contribution in [1.29, 1.82) is 0 Å². The standard InChI is InChI=1S/C22H22FN3O/c1-16(2)19-8-3-17(4-9-19)7-12-22(27)25-21-13-24-26(15-21)14-18-5-10-20(23)11-6-18/h3-13,15-16H,14H2,1-2H3,(H,25,27)/b12-7+. The normalized spacial score (nSPS) is 11.3. The molecule has 27 heavy (non-hydrogen) atoms. The molecule has 0 fully saturated rings. The summed E-state index contributed by atoms with van der Waals surface area (Å²) in [6, 6.07) is 14.4. The molecule has 0 bridgehead atoms. The van der Waals surface area contributed by atoms with E-state index in [9.17, 15) is 9.18 Å². The fourth-order valence-corrected chi connectivity index (χ4v) is 2.64. The predicted molar refractivity (Wildman–Crippen MR) is 106 cm³/mol.